The van der Waals surface area contributed by atoms with E-state index in [0.717, 1.165) is 36.2 Å². The van der Waals surface area contributed by atoms with Gasteiger partial charge in [-0.1, -0.05) is 6.07 Å². The largest absolute Gasteiger partial charge is 0.367 e. The van der Waals surface area contributed by atoms with Gasteiger partial charge in [0.15, 0.2) is 0 Å². The van der Waals surface area contributed by atoms with Crippen LogP contribution in [0.25, 0.3) is 0 Å². The Labute approximate surface area is 145 Å². The number of ether oxygens (including phenoxy) is 1. The number of aryl methyl sites for hydroxylation is 2. The van der Waals surface area contributed by atoms with Crippen molar-refractivity contribution in [3.05, 3.63) is 57.0 Å². The van der Waals surface area contributed by atoms with Gasteiger partial charge in [0.2, 0.25) is 5.91 Å². The lowest BCUT2D eigenvalue weighted by Gasteiger charge is -2.16. The average molecular weight is 339 g/mol. The summed E-state index contributed by atoms with van der Waals surface area (Å²) in [5.41, 5.74) is 4.68. The lowest BCUT2D eigenvalue weighted by Crippen LogP contribution is -2.34. The summed E-state index contributed by atoms with van der Waals surface area (Å²) >= 11 is 0. The van der Waals surface area contributed by atoms with Crippen LogP contribution in [0.5, 0.6) is 0 Å². The Hall–Kier alpha value is -2.47. The highest BCUT2D eigenvalue weighted by Crippen LogP contribution is 2.27. The van der Waals surface area contributed by atoms with Gasteiger partial charge in [-0.25, -0.2) is 4.68 Å². The van der Waals surface area contributed by atoms with E-state index in [1.807, 2.05) is 19.1 Å². The number of nitrogens with one attached hydrogen (secondary N) is 1. The molecule has 2 aliphatic rings. The molecule has 4 rings (SSSR count). The Kier molecular flexibility index (Phi) is 3.92. The fourth-order valence-electron chi connectivity index (χ4n) is 3.56. The zero-order chi connectivity index (χ0) is 17.6. The molecule has 6 nitrogen and oxygen atoms in total. The van der Waals surface area contributed by atoms with E-state index in [1.165, 1.54) is 21.9 Å². The first-order valence-electron chi connectivity index (χ1n) is 8.70. The number of carbonyl (C=O) groups is 1. The maximum atomic E-state index is 12.6. The SMILES string of the molecule is C[C@H]1OCc2cc(=O)n([C@@H](C)C(=O)Nc3ccc4c(c3)CCC4)nc21. The van der Waals surface area contributed by atoms with Gasteiger partial charge in [0.25, 0.3) is 5.56 Å². The third-order valence-corrected chi connectivity index (χ3v) is 5.05. The van der Waals surface area contributed by atoms with Crippen molar-refractivity contribution in [2.24, 2.45) is 0 Å². The predicted molar refractivity (Wildman–Crippen MR) is 93.5 cm³/mol. The summed E-state index contributed by atoms with van der Waals surface area (Å²) in [7, 11) is 0. The monoisotopic (exact) mass is 339 g/mol. The second kappa shape index (κ2) is 6.11. The van der Waals surface area contributed by atoms with E-state index in [4.69, 9.17) is 4.74 Å². The van der Waals surface area contributed by atoms with Crippen LogP contribution >= 0.6 is 0 Å². The highest BCUT2D eigenvalue weighted by atomic mass is 16.5. The van der Waals surface area contributed by atoms with Crippen LogP contribution in [0.3, 0.4) is 0 Å². The zero-order valence-electron chi connectivity index (χ0n) is 14.4. The minimum atomic E-state index is -0.696. The lowest BCUT2D eigenvalue weighted by atomic mass is 10.1. The summed E-state index contributed by atoms with van der Waals surface area (Å²) in [5.74, 6) is -0.251. The number of fused-ring (bicyclic) bond motifs is 2. The third-order valence-electron chi connectivity index (χ3n) is 5.05. The summed E-state index contributed by atoms with van der Waals surface area (Å²) < 4.78 is 6.74. The van der Waals surface area contributed by atoms with Crippen molar-refractivity contribution in [1.82, 2.24) is 9.78 Å². The van der Waals surface area contributed by atoms with Gasteiger partial charge in [-0.2, -0.15) is 5.10 Å². The van der Waals surface area contributed by atoms with E-state index < -0.39 is 6.04 Å². The van der Waals surface area contributed by atoms with Crippen LogP contribution in [-0.4, -0.2) is 15.7 Å². The Balaban J connectivity index is 1.57. The molecule has 1 aliphatic carbocycles. The fourth-order valence-corrected chi connectivity index (χ4v) is 3.56. The van der Waals surface area contributed by atoms with Gasteiger partial charge in [-0.3, -0.25) is 9.59 Å². The van der Waals surface area contributed by atoms with Gasteiger partial charge < -0.3 is 10.1 Å². The zero-order valence-corrected chi connectivity index (χ0v) is 14.4. The maximum Gasteiger partial charge on any atom is 0.267 e. The van der Waals surface area contributed by atoms with Crippen molar-refractivity contribution >= 4 is 11.6 Å². The van der Waals surface area contributed by atoms with E-state index in [9.17, 15) is 9.59 Å². The van der Waals surface area contributed by atoms with Gasteiger partial charge >= 0.3 is 0 Å². The summed E-state index contributed by atoms with van der Waals surface area (Å²) in [4.78, 5) is 24.9. The van der Waals surface area contributed by atoms with E-state index in [1.54, 1.807) is 6.92 Å². The van der Waals surface area contributed by atoms with Crippen LogP contribution in [0.15, 0.2) is 29.1 Å². The van der Waals surface area contributed by atoms with E-state index in [-0.39, 0.29) is 17.6 Å². The van der Waals surface area contributed by atoms with E-state index >= 15 is 0 Å². The number of hydrogen-bond acceptors (Lipinski definition) is 4. The molecule has 0 spiro atoms. The number of rotatable bonds is 3. The quantitative estimate of drug-likeness (QED) is 0.932. The van der Waals surface area contributed by atoms with Crippen molar-refractivity contribution in [3.8, 4) is 0 Å². The molecule has 2 aromatic rings. The standard InChI is InChI=1S/C19H21N3O3/c1-11(22-17(23)9-15-10-25-12(2)18(15)21-22)19(24)20-16-7-6-13-4-3-5-14(13)8-16/h6-9,11-12H,3-5,10H2,1-2H3,(H,20,24)/t11-,12+/m0/s1. The van der Waals surface area contributed by atoms with Crippen LogP contribution in [0.1, 0.15) is 54.8 Å². The molecule has 1 amide bonds. The Bertz CT molecular complexity index is 903. The van der Waals surface area contributed by atoms with Crippen LogP contribution in [0.4, 0.5) is 5.69 Å². The van der Waals surface area contributed by atoms with Gasteiger partial charge in [0.05, 0.1) is 18.4 Å². The molecule has 0 unspecified atom stereocenters. The van der Waals surface area contributed by atoms with Crippen LogP contribution < -0.4 is 10.9 Å². The minimum absolute atomic E-state index is 0.158. The molecule has 1 aromatic carbocycles. The third kappa shape index (κ3) is 2.87. The molecule has 0 radical (unpaired) electrons. The fraction of sp³-hybridized carbons (Fsp3) is 0.421. The molecule has 25 heavy (non-hydrogen) atoms. The van der Waals surface area contributed by atoms with Crippen molar-refractivity contribution in [2.75, 3.05) is 5.32 Å². The number of anilines is 1. The van der Waals surface area contributed by atoms with Crippen molar-refractivity contribution in [1.29, 1.82) is 0 Å². The summed E-state index contributed by atoms with van der Waals surface area (Å²) in [6.07, 6.45) is 3.17. The number of benzene rings is 1. The van der Waals surface area contributed by atoms with Crippen LogP contribution in [-0.2, 0) is 29.0 Å². The molecule has 2 atom stereocenters. The Morgan fingerprint density at radius 2 is 2.08 bits per heavy atom. The number of carbonyl (C=O) groups excluding carboxylic acids is 1. The molecule has 0 saturated carbocycles. The first-order valence-corrected chi connectivity index (χ1v) is 8.70. The second-order valence-corrected chi connectivity index (χ2v) is 6.79. The highest BCUT2D eigenvalue weighted by molar-refractivity contribution is 5.93. The second-order valence-electron chi connectivity index (χ2n) is 6.79. The normalized spacial score (nSPS) is 19.4. The van der Waals surface area contributed by atoms with Gasteiger partial charge in [0, 0.05) is 17.3 Å². The molecule has 1 N–H and O–H groups in total. The molecule has 0 saturated heterocycles. The topological polar surface area (TPSA) is 73.2 Å². The van der Waals surface area contributed by atoms with Crippen molar-refractivity contribution in [2.45, 2.75) is 51.9 Å². The molecule has 1 aliphatic heterocycles. The Morgan fingerprint density at radius 3 is 2.92 bits per heavy atom. The molecule has 0 fully saturated rings. The van der Waals surface area contributed by atoms with E-state index in [2.05, 4.69) is 16.5 Å². The van der Waals surface area contributed by atoms with Crippen LogP contribution in [0, 0.1) is 0 Å². The molecular formula is C19H21N3O3. The number of hydrogen-bond donors (Lipinski definition) is 1. The smallest absolute Gasteiger partial charge is 0.267 e. The number of nitrogens with zero attached hydrogens (tertiary/aromatic N) is 2. The van der Waals surface area contributed by atoms with Gasteiger partial charge in [-0.15, -0.1) is 0 Å². The highest BCUT2D eigenvalue weighted by Gasteiger charge is 2.26. The van der Waals surface area contributed by atoms with E-state index in [0.29, 0.717) is 6.61 Å². The molecule has 0 bridgehead atoms. The molecule has 1 aromatic heterocycles. The average Bonchev–Trinajstić information content (AvgIpc) is 3.20. The van der Waals surface area contributed by atoms with Crippen LogP contribution in [0.2, 0.25) is 0 Å². The molecular weight excluding hydrogens is 318 g/mol. The van der Waals surface area contributed by atoms with Crippen molar-refractivity contribution in [3.63, 3.8) is 0 Å². The maximum absolute atomic E-state index is 12.6. The first-order chi connectivity index (χ1) is 12.0. The first kappa shape index (κ1) is 16.0. The molecule has 130 valence electrons. The molecule has 2 heterocycles. The van der Waals surface area contributed by atoms with Crippen molar-refractivity contribution < 1.29 is 9.53 Å². The lowest BCUT2D eigenvalue weighted by molar-refractivity contribution is -0.119. The summed E-state index contributed by atoms with van der Waals surface area (Å²) in [5, 5.41) is 7.28. The Morgan fingerprint density at radius 1 is 1.28 bits per heavy atom. The number of aromatic nitrogens is 2. The molecule has 6 heteroatoms. The minimum Gasteiger partial charge on any atom is -0.367 e. The summed E-state index contributed by atoms with van der Waals surface area (Å²) in [6, 6.07) is 6.84. The predicted octanol–water partition coefficient (Wildman–Crippen LogP) is 2.52. The summed E-state index contributed by atoms with van der Waals surface area (Å²) in [6.45, 7) is 3.97. The van der Waals surface area contributed by atoms with Gasteiger partial charge in [0.1, 0.15) is 6.04 Å². The number of amides is 1. The van der Waals surface area contributed by atoms with Gasteiger partial charge in [-0.05, 0) is 56.4 Å².